The van der Waals surface area contributed by atoms with E-state index in [-0.39, 0.29) is 18.1 Å². The molecule has 2 rings (SSSR count). The van der Waals surface area contributed by atoms with Crippen LogP contribution in [0.5, 0.6) is 0 Å². The van der Waals surface area contributed by atoms with Crippen molar-refractivity contribution in [1.82, 2.24) is 4.90 Å². The molecule has 1 saturated heterocycles. The van der Waals surface area contributed by atoms with Crippen LogP contribution in [0.1, 0.15) is 51.5 Å². The Morgan fingerprint density at radius 2 is 1.94 bits per heavy atom. The predicted octanol–water partition coefficient (Wildman–Crippen LogP) is 4.82. The van der Waals surface area contributed by atoms with Crippen molar-refractivity contribution < 1.29 is 33.3 Å². The zero-order chi connectivity index (χ0) is 23.7. The minimum atomic E-state index is -3.45. The summed E-state index contributed by atoms with van der Waals surface area (Å²) in [4.78, 5) is 25.0. The fourth-order valence-electron chi connectivity index (χ4n) is 3.85. The SMILES string of the molecule is CC(C)C(CCCCCN1C(=O)OCC[C@@H]1/C=C/[C@@H](O)C(F)(F)c1ccccc1)C(=O)O. The largest absolute Gasteiger partial charge is 0.481 e. The summed E-state index contributed by atoms with van der Waals surface area (Å²) in [6.07, 6.45) is 3.08. The number of nitrogens with zero attached hydrogens (tertiary/aromatic N) is 1. The van der Waals surface area contributed by atoms with Crippen LogP contribution in [0.2, 0.25) is 0 Å². The van der Waals surface area contributed by atoms with Gasteiger partial charge in [0, 0.05) is 18.5 Å². The van der Waals surface area contributed by atoms with Crippen molar-refractivity contribution >= 4 is 12.1 Å². The lowest BCUT2D eigenvalue weighted by Gasteiger charge is -2.33. The molecule has 0 aliphatic carbocycles. The smallest absolute Gasteiger partial charge is 0.410 e. The second-order valence-corrected chi connectivity index (χ2v) is 8.52. The van der Waals surface area contributed by atoms with E-state index >= 15 is 0 Å². The highest BCUT2D eigenvalue weighted by Gasteiger charge is 2.39. The van der Waals surface area contributed by atoms with E-state index in [1.54, 1.807) is 6.07 Å². The summed E-state index contributed by atoms with van der Waals surface area (Å²) < 4.78 is 34.1. The number of cyclic esters (lactones) is 1. The topological polar surface area (TPSA) is 87.1 Å². The van der Waals surface area contributed by atoms with E-state index in [2.05, 4.69) is 0 Å². The predicted molar refractivity (Wildman–Crippen MR) is 116 cm³/mol. The average Bonchev–Trinajstić information content (AvgIpc) is 2.75. The highest BCUT2D eigenvalue weighted by molar-refractivity contribution is 5.70. The first-order chi connectivity index (χ1) is 15.1. The number of amides is 1. The zero-order valence-corrected chi connectivity index (χ0v) is 18.6. The van der Waals surface area contributed by atoms with Crippen LogP contribution in [0.25, 0.3) is 0 Å². The molecule has 1 amide bonds. The molecule has 1 fully saturated rings. The first kappa shape index (κ1) is 25.8. The monoisotopic (exact) mass is 453 g/mol. The molecular weight excluding hydrogens is 420 g/mol. The molecule has 0 saturated carbocycles. The van der Waals surface area contributed by atoms with E-state index in [9.17, 15) is 28.6 Å². The molecule has 178 valence electrons. The Bertz CT molecular complexity index is 769. The normalized spacial score (nSPS) is 19.2. The Labute approximate surface area is 187 Å². The van der Waals surface area contributed by atoms with Crippen molar-refractivity contribution in [3.05, 3.63) is 48.0 Å². The lowest BCUT2D eigenvalue weighted by atomic mass is 9.90. The van der Waals surface area contributed by atoms with Crippen LogP contribution in [0.15, 0.2) is 42.5 Å². The van der Waals surface area contributed by atoms with E-state index in [4.69, 9.17) is 4.74 Å². The summed E-state index contributed by atoms with van der Waals surface area (Å²) in [5.74, 6) is -4.58. The zero-order valence-electron chi connectivity index (χ0n) is 18.6. The molecule has 1 aromatic carbocycles. The molecule has 32 heavy (non-hydrogen) atoms. The maximum absolute atomic E-state index is 14.5. The van der Waals surface area contributed by atoms with Gasteiger partial charge in [0.05, 0.1) is 18.6 Å². The molecule has 3 atom stereocenters. The summed E-state index contributed by atoms with van der Waals surface area (Å²) >= 11 is 0. The number of aliphatic carboxylic acids is 1. The van der Waals surface area contributed by atoms with Gasteiger partial charge in [-0.3, -0.25) is 4.79 Å². The molecule has 1 heterocycles. The van der Waals surface area contributed by atoms with Crippen LogP contribution in [0, 0.1) is 11.8 Å². The second-order valence-electron chi connectivity index (χ2n) is 8.52. The summed E-state index contributed by atoms with van der Waals surface area (Å²) in [5.41, 5.74) is -0.280. The highest BCUT2D eigenvalue weighted by atomic mass is 19.3. The molecule has 1 aliphatic rings. The Kier molecular flexibility index (Phi) is 9.62. The van der Waals surface area contributed by atoms with Gasteiger partial charge < -0.3 is 19.8 Å². The molecule has 0 aromatic heterocycles. The number of halogens is 2. The number of carboxylic acids is 1. The van der Waals surface area contributed by atoms with Gasteiger partial charge in [0.1, 0.15) is 6.10 Å². The van der Waals surface area contributed by atoms with Crippen LogP contribution in [0.3, 0.4) is 0 Å². The van der Waals surface area contributed by atoms with Crippen LogP contribution < -0.4 is 0 Å². The Morgan fingerprint density at radius 3 is 2.56 bits per heavy atom. The minimum absolute atomic E-state index is 0.0551. The molecule has 1 aromatic rings. The number of ether oxygens (including phenoxy) is 1. The fraction of sp³-hybridized carbons (Fsp3) is 0.583. The number of carbonyl (C=O) groups excluding carboxylic acids is 1. The number of unbranched alkanes of at least 4 members (excludes halogenated alkanes) is 2. The van der Waals surface area contributed by atoms with E-state index in [0.29, 0.717) is 25.8 Å². The van der Waals surface area contributed by atoms with Crippen molar-refractivity contribution in [3.63, 3.8) is 0 Å². The first-order valence-corrected chi connectivity index (χ1v) is 11.1. The Balaban J connectivity index is 1.91. The lowest BCUT2D eigenvalue weighted by molar-refractivity contribution is -0.143. The van der Waals surface area contributed by atoms with Gasteiger partial charge in [-0.05, 0) is 18.8 Å². The van der Waals surface area contributed by atoms with Crippen molar-refractivity contribution in [3.8, 4) is 0 Å². The minimum Gasteiger partial charge on any atom is -0.481 e. The summed E-state index contributed by atoms with van der Waals surface area (Å²) in [6, 6.07) is 6.67. The highest BCUT2D eigenvalue weighted by Crippen LogP contribution is 2.32. The third-order valence-corrected chi connectivity index (χ3v) is 5.86. The average molecular weight is 454 g/mol. The van der Waals surface area contributed by atoms with Crippen molar-refractivity contribution in [2.45, 2.75) is 64.0 Å². The van der Waals surface area contributed by atoms with E-state index < -0.39 is 36.0 Å². The molecule has 1 aliphatic heterocycles. The van der Waals surface area contributed by atoms with Crippen LogP contribution in [-0.2, 0) is 15.5 Å². The van der Waals surface area contributed by atoms with Crippen molar-refractivity contribution in [1.29, 1.82) is 0 Å². The molecular formula is C24H33F2NO5. The molecule has 2 N–H and O–H groups in total. The summed E-state index contributed by atoms with van der Waals surface area (Å²) in [7, 11) is 0. The van der Waals surface area contributed by atoms with E-state index in [0.717, 1.165) is 18.9 Å². The number of alkyl halides is 2. The number of rotatable bonds is 12. The van der Waals surface area contributed by atoms with Crippen molar-refractivity contribution in [2.75, 3.05) is 13.2 Å². The number of aliphatic hydroxyl groups excluding tert-OH is 1. The Morgan fingerprint density at radius 1 is 1.25 bits per heavy atom. The van der Waals surface area contributed by atoms with E-state index in [1.807, 2.05) is 13.8 Å². The first-order valence-electron chi connectivity index (χ1n) is 11.1. The van der Waals surface area contributed by atoms with Gasteiger partial charge in [0.15, 0.2) is 0 Å². The van der Waals surface area contributed by atoms with Gasteiger partial charge in [-0.2, -0.15) is 8.78 Å². The van der Waals surface area contributed by atoms with Gasteiger partial charge in [-0.25, -0.2) is 4.79 Å². The molecule has 0 bridgehead atoms. The van der Waals surface area contributed by atoms with Gasteiger partial charge in [-0.1, -0.05) is 69.2 Å². The van der Waals surface area contributed by atoms with E-state index in [1.165, 1.54) is 35.2 Å². The van der Waals surface area contributed by atoms with Gasteiger partial charge in [0.25, 0.3) is 0 Å². The maximum Gasteiger partial charge on any atom is 0.410 e. The van der Waals surface area contributed by atoms with Crippen LogP contribution >= 0.6 is 0 Å². The third-order valence-electron chi connectivity index (χ3n) is 5.86. The molecule has 6 nitrogen and oxygen atoms in total. The molecule has 8 heteroatoms. The second kappa shape index (κ2) is 11.9. The Hall–Kier alpha value is -2.48. The standard InChI is InChI=1S/C24H33F2NO5/c1-17(2)20(22(29)30)11-7-4-8-15-27-19(14-16-32-23(27)31)12-13-21(28)24(25,26)18-9-5-3-6-10-18/h3,5-6,9-10,12-13,17,19-21,28H,4,7-8,11,14-16H2,1-2H3,(H,29,30)/b13-12+/t19-,20?,21+/m0/s1. The van der Waals surface area contributed by atoms with Gasteiger partial charge >= 0.3 is 18.0 Å². The number of hydrogen-bond acceptors (Lipinski definition) is 4. The number of benzene rings is 1. The summed E-state index contributed by atoms with van der Waals surface area (Å²) in [5, 5.41) is 19.3. The van der Waals surface area contributed by atoms with Crippen molar-refractivity contribution in [2.24, 2.45) is 11.8 Å². The van der Waals surface area contributed by atoms with Crippen LogP contribution in [0.4, 0.5) is 13.6 Å². The summed E-state index contributed by atoms with van der Waals surface area (Å²) in [6.45, 7) is 4.33. The molecule has 0 radical (unpaired) electrons. The lowest BCUT2D eigenvalue weighted by Crippen LogP contribution is -2.45. The number of carboxylic acid groups (broad SMARTS) is 1. The van der Waals surface area contributed by atoms with Gasteiger partial charge in [0.2, 0.25) is 0 Å². The van der Waals surface area contributed by atoms with Crippen LogP contribution in [-0.4, -0.2) is 52.5 Å². The van der Waals surface area contributed by atoms with Gasteiger partial charge in [-0.15, -0.1) is 0 Å². The fourth-order valence-corrected chi connectivity index (χ4v) is 3.85. The number of carbonyl (C=O) groups is 2. The maximum atomic E-state index is 14.5. The number of aliphatic hydroxyl groups is 1. The number of hydrogen-bond donors (Lipinski definition) is 2. The third kappa shape index (κ3) is 7.02. The quantitative estimate of drug-likeness (QED) is 0.350. The molecule has 1 unspecified atom stereocenters. The molecule has 0 spiro atoms.